The van der Waals surface area contributed by atoms with Crippen LogP contribution in [0.5, 0.6) is 0 Å². The van der Waals surface area contributed by atoms with Crippen LogP contribution in [0.2, 0.25) is 0 Å². The molecule has 0 heterocycles. The van der Waals surface area contributed by atoms with Crippen molar-refractivity contribution in [3.63, 3.8) is 0 Å². The largest absolute Gasteiger partial charge is 0.311 e. The van der Waals surface area contributed by atoms with Gasteiger partial charge >= 0.3 is 0 Å². The quantitative estimate of drug-likeness (QED) is 0.161. The number of hydrogen-bond donors (Lipinski definition) is 0. The molecule has 0 radical (unpaired) electrons. The first-order valence-corrected chi connectivity index (χ1v) is 16.0. The Bertz CT molecular complexity index is 1830. The standard InChI is InChI=1S/C44H42N2/c1-33-11-23-39(24-12-33)46(40-25-13-34(2)14-26-40)42-29-19-36(20-30-42)16-15-35-17-27-41(28-18-35)45(38-9-7-6-8-10-38)43-31-21-37(22-32-43)44(3,4)5/h6-32H,1-5H3/b16-15+. The van der Waals surface area contributed by atoms with Gasteiger partial charge in [-0.15, -0.1) is 0 Å². The highest BCUT2D eigenvalue weighted by molar-refractivity contribution is 5.80. The van der Waals surface area contributed by atoms with E-state index >= 15 is 0 Å². The van der Waals surface area contributed by atoms with Crippen molar-refractivity contribution in [2.45, 2.75) is 40.0 Å². The van der Waals surface area contributed by atoms with Crippen LogP contribution in [0.15, 0.2) is 152 Å². The summed E-state index contributed by atoms with van der Waals surface area (Å²) in [6.45, 7) is 11.0. The van der Waals surface area contributed by atoms with Crippen molar-refractivity contribution in [3.05, 3.63) is 179 Å². The Morgan fingerprint density at radius 3 is 1.02 bits per heavy atom. The van der Waals surface area contributed by atoms with Gasteiger partial charge in [0, 0.05) is 34.1 Å². The normalized spacial score (nSPS) is 11.5. The number of para-hydroxylation sites is 1. The molecule has 0 aliphatic heterocycles. The first-order valence-electron chi connectivity index (χ1n) is 16.0. The van der Waals surface area contributed by atoms with Gasteiger partial charge in [-0.2, -0.15) is 0 Å². The number of hydrogen-bond acceptors (Lipinski definition) is 2. The maximum Gasteiger partial charge on any atom is 0.0462 e. The second kappa shape index (κ2) is 13.3. The van der Waals surface area contributed by atoms with Gasteiger partial charge in [-0.1, -0.05) is 123 Å². The van der Waals surface area contributed by atoms with Crippen molar-refractivity contribution in [3.8, 4) is 0 Å². The highest BCUT2D eigenvalue weighted by atomic mass is 15.1. The molecule has 2 nitrogen and oxygen atoms in total. The Morgan fingerprint density at radius 1 is 0.370 bits per heavy atom. The number of aryl methyl sites for hydroxylation is 2. The lowest BCUT2D eigenvalue weighted by atomic mass is 9.87. The molecule has 6 aromatic rings. The van der Waals surface area contributed by atoms with Gasteiger partial charge in [0.1, 0.15) is 0 Å². The van der Waals surface area contributed by atoms with Gasteiger partial charge in [0.25, 0.3) is 0 Å². The lowest BCUT2D eigenvalue weighted by Crippen LogP contribution is -2.13. The Morgan fingerprint density at radius 2 is 0.674 bits per heavy atom. The fourth-order valence-electron chi connectivity index (χ4n) is 5.63. The summed E-state index contributed by atoms with van der Waals surface area (Å²) in [6.07, 6.45) is 4.36. The molecule has 0 spiro atoms. The first-order chi connectivity index (χ1) is 22.2. The van der Waals surface area contributed by atoms with Crippen LogP contribution in [0.4, 0.5) is 34.1 Å². The molecular formula is C44H42N2. The van der Waals surface area contributed by atoms with E-state index in [1.165, 1.54) is 16.7 Å². The maximum absolute atomic E-state index is 2.31. The number of rotatable bonds is 8. The minimum Gasteiger partial charge on any atom is -0.311 e. The van der Waals surface area contributed by atoms with E-state index in [1.807, 2.05) is 0 Å². The van der Waals surface area contributed by atoms with Crippen LogP contribution in [0.3, 0.4) is 0 Å². The van der Waals surface area contributed by atoms with Crippen molar-refractivity contribution in [2.75, 3.05) is 9.80 Å². The van der Waals surface area contributed by atoms with E-state index in [9.17, 15) is 0 Å². The highest BCUT2D eigenvalue weighted by Crippen LogP contribution is 2.37. The van der Waals surface area contributed by atoms with Gasteiger partial charge < -0.3 is 9.80 Å². The Balaban J connectivity index is 1.23. The second-order valence-electron chi connectivity index (χ2n) is 13.0. The SMILES string of the molecule is Cc1ccc(N(c2ccc(C)cc2)c2ccc(/C=C/c3ccc(N(c4ccccc4)c4ccc(C(C)(C)C)cc4)cc3)cc2)cc1. The van der Waals surface area contributed by atoms with Crippen LogP contribution < -0.4 is 9.80 Å². The molecule has 0 unspecified atom stereocenters. The van der Waals surface area contributed by atoms with Crippen LogP contribution in [0.25, 0.3) is 12.2 Å². The fourth-order valence-corrected chi connectivity index (χ4v) is 5.63. The predicted molar refractivity (Wildman–Crippen MR) is 199 cm³/mol. The monoisotopic (exact) mass is 598 g/mol. The average molecular weight is 599 g/mol. The summed E-state index contributed by atoms with van der Waals surface area (Å²) in [5.74, 6) is 0. The molecule has 0 aromatic heterocycles. The summed E-state index contributed by atoms with van der Waals surface area (Å²) in [4.78, 5) is 4.62. The molecule has 0 aliphatic rings. The van der Waals surface area contributed by atoms with Gasteiger partial charge in [-0.3, -0.25) is 0 Å². The lowest BCUT2D eigenvalue weighted by Gasteiger charge is -2.27. The zero-order valence-corrected chi connectivity index (χ0v) is 27.5. The Kier molecular flexibility index (Phi) is 8.90. The number of benzene rings is 6. The maximum atomic E-state index is 2.31. The molecule has 6 rings (SSSR count). The molecular weight excluding hydrogens is 556 g/mol. The molecule has 6 aromatic carbocycles. The minimum absolute atomic E-state index is 0.117. The van der Waals surface area contributed by atoms with Gasteiger partial charge in [-0.25, -0.2) is 0 Å². The fraction of sp³-hybridized carbons (Fsp3) is 0.136. The zero-order chi connectivity index (χ0) is 32.1. The van der Waals surface area contributed by atoms with Gasteiger partial charge in [0.2, 0.25) is 0 Å². The lowest BCUT2D eigenvalue weighted by molar-refractivity contribution is 0.590. The van der Waals surface area contributed by atoms with E-state index in [2.05, 4.69) is 208 Å². The minimum atomic E-state index is 0.117. The topological polar surface area (TPSA) is 6.48 Å². The molecule has 2 heteroatoms. The third kappa shape index (κ3) is 7.14. The molecule has 46 heavy (non-hydrogen) atoms. The molecule has 0 fully saturated rings. The first kappa shape index (κ1) is 30.7. The molecule has 0 bridgehead atoms. The summed E-state index contributed by atoms with van der Waals surface area (Å²) in [7, 11) is 0. The molecule has 228 valence electrons. The van der Waals surface area contributed by atoms with E-state index in [0.717, 1.165) is 45.3 Å². The van der Waals surface area contributed by atoms with Crippen molar-refractivity contribution in [1.82, 2.24) is 0 Å². The van der Waals surface area contributed by atoms with E-state index in [-0.39, 0.29) is 5.41 Å². The van der Waals surface area contributed by atoms with Crippen LogP contribution in [-0.2, 0) is 5.41 Å². The predicted octanol–water partition coefficient (Wildman–Crippen LogP) is 12.7. The molecule has 0 saturated heterocycles. The molecule has 0 atom stereocenters. The summed E-state index contributed by atoms with van der Waals surface area (Å²) in [5.41, 5.74) is 13.1. The smallest absolute Gasteiger partial charge is 0.0462 e. The molecule has 0 N–H and O–H groups in total. The van der Waals surface area contributed by atoms with E-state index < -0.39 is 0 Å². The van der Waals surface area contributed by atoms with Crippen LogP contribution in [0, 0.1) is 13.8 Å². The van der Waals surface area contributed by atoms with Crippen molar-refractivity contribution >= 4 is 46.3 Å². The van der Waals surface area contributed by atoms with Crippen LogP contribution in [0.1, 0.15) is 48.6 Å². The van der Waals surface area contributed by atoms with E-state index in [0.29, 0.717) is 0 Å². The summed E-state index contributed by atoms with van der Waals surface area (Å²) < 4.78 is 0. The van der Waals surface area contributed by atoms with E-state index in [4.69, 9.17) is 0 Å². The van der Waals surface area contributed by atoms with E-state index in [1.54, 1.807) is 0 Å². The second-order valence-corrected chi connectivity index (χ2v) is 13.0. The van der Waals surface area contributed by atoms with Gasteiger partial charge in [0.15, 0.2) is 0 Å². The van der Waals surface area contributed by atoms with Gasteiger partial charge in [-0.05, 0) is 109 Å². The summed E-state index contributed by atoms with van der Waals surface area (Å²) in [6, 6.07) is 54.5. The van der Waals surface area contributed by atoms with Crippen molar-refractivity contribution in [2.24, 2.45) is 0 Å². The molecule has 0 saturated carbocycles. The van der Waals surface area contributed by atoms with Crippen LogP contribution >= 0.6 is 0 Å². The van der Waals surface area contributed by atoms with Gasteiger partial charge in [0.05, 0.1) is 0 Å². The highest BCUT2D eigenvalue weighted by Gasteiger charge is 2.16. The van der Waals surface area contributed by atoms with Crippen molar-refractivity contribution in [1.29, 1.82) is 0 Å². The Labute approximate surface area is 274 Å². The number of anilines is 6. The Hall–Kier alpha value is -5.34. The molecule has 0 aliphatic carbocycles. The third-order valence-corrected chi connectivity index (χ3v) is 8.36. The summed E-state index contributed by atoms with van der Waals surface area (Å²) >= 11 is 0. The summed E-state index contributed by atoms with van der Waals surface area (Å²) in [5, 5.41) is 0. The zero-order valence-electron chi connectivity index (χ0n) is 27.5. The average Bonchev–Trinajstić information content (AvgIpc) is 3.07. The van der Waals surface area contributed by atoms with Crippen LogP contribution in [-0.4, -0.2) is 0 Å². The number of nitrogens with zero attached hydrogens (tertiary/aromatic N) is 2. The van der Waals surface area contributed by atoms with Crippen molar-refractivity contribution < 1.29 is 0 Å². The molecule has 0 amide bonds. The third-order valence-electron chi connectivity index (χ3n) is 8.36.